The number of rotatable bonds is 6. The van der Waals surface area contributed by atoms with Crippen LogP contribution in [0, 0.1) is 17.0 Å². The Bertz CT molecular complexity index is 772. The standard InChI is InChI=1S/C16H17N3O6/c1-10-8-12(19(23)24)2-3-13(10)18-16(22)15(21)17-6-4-14(20)11-5-7-25-9-11/h2-3,5,7-9,14,20H,4,6H2,1H3,(H,17,21)(H,18,22). The van der Waals surface area contributed by atoms with E-state index < -0.39 is 22.8 Å². The smallest absolute Gasteiger partial charge is 0.313 e. The van der Waals surface area contributed by atoms with Gasteiger partial charge < -0.3 is 20.2 Å². The lowest BCUT2D eigenvalue weighted by Crippen LogP contribution is -2.36. The molecule has 0 saturated carbocycles. The lowest BCUT2D eigenvalue weighted by atomic mass is 10.1. The summed E-state index contributed by atoms with van der Waals surface area (Å²) in [5.74, 6) is -1.76. The van der Waals surface area contributed by atoms with E-state index in [0.29, 0.717) is 16.8 Å². The van der Waals surface area contributed by atoms with Crippen molar-refractivity contribution in [2.75, 3.05) is 11.9 Å². The number of nitrogens with one attached hydrogen (secondary N) is 2. The van der Waals surface area contributed by atoms with Crippen molar-refractivity contribution < 1.29 is 24.0 Å². The zero-order chi connectivity index (χ0) is 18.4. The SMILES string of the molecule is Cc1cc([N+](=O)[O-])ccc1NC(=O)C(=O)NCCC(O)c1ccoc1. The van der Waals surface area contributed by atoms with Gasteiger partial charge in [-0.3, -0.25) is 19.7 Å². The van der Waals surface area contributed by atoms with Crippen molar-refractivity contribution in [3.63, 3.8) is 0 Å². The third-order valence-electron chi connectivity index (χ3n) is 3.51. The lowest BCUT2D eigenvalue weighted by molar-refractivity contribution is -0.384. The van der Waals surface area contributed by atoms with Gasteiger partial charge in [0.05, 0.1) is 23.6 Å². The molecule has 2 rings (SSSR count). The summed E-state index contributed by atoms with van der Waals surface area (Å²) >= 11 is 0. The number of nitro benzene ring substituents is 1. The second-order valence-corrected chi connectivity index (χ2v) is 5.33. The number of nitrogens with zero attached hydrogens (tertiary/aromatic N) is 1. The third-order valence-corrected chi connectivity index (χ3v) is 3.51. The molecule has 9 nitrogen and oxygen atoms in total. The van der Waals surface area contributed by atoms with Crippen molar-refractivity contribution in [3.05, 3.63) is 58.0 Å². The van der Waals surface area contributed by atoms with E-state index in [4.69, 9.17) is 4.42 Å². The number of hydrogen-bond donors (Lipinski definition) is 3. The molecule has 132 valence electrons. The molecule has 1 unspecified atom stereocenters. The monoisotopic (exact) mass is 347 g/mol. The fourth-order valence-corrected chi connectivity index (χ4v) is 2.11. The maximum atomic E-state index is 11.9. The minimum absolute atomic E-state index is 0.0951. The van der Waals surface area contributed by atoms with Crippen LogP contribution >= 0.6 is 0 Å². The summed E-state index contributed by atoms with van der Waals surface area (Å²) in [5, 5.41) is 25.3. The Morgan fingerprint density at radius 1 is 1.32 bits per heavy atom. The summed E-state index contributed by atoms with van der Waals surface area (Å²) in [6, 6.07) is 5.51. The fraction of sp³-hybridized carbons (Fsp3) is 0.250. The molecule has 1 aromatic heterocycles. The molecule has 0 saturated heterocycles. The number of aliphatic hydroxyl groups is 1. The van der Waals surface area contributed by atoms with Crippen molar-refractivity contribution >= 4 is 23.2 Å². The van der Waals surface area contributed by atoms with Gasteiger partial charge in [-0.1, -0.05) is 0 Å². The maximum Gasteiger partial charge on any atom is 0.313 e. The molecule has 9 heteroatoms. The molecular weight excluding hydrogens is 330 g/mol. The van der Waals surface area contributed by atoms with Gasteiger partial charge in [0.1, 0.15) is 0 Å². The zero-order valence-corrected chi connectivity index (χ0v) is 13.4. The van der Waals surface area contributed by atoms with Crippen LogP contribution in [0.1, 0.15) is 23.7 Å². The van der Waals surface area contributed by atoms with E-state index in [1.54, 1.807) is 13.0 Å². The van der Waals surface area contributed by atoms with Crippen molar-refractivity contribution in [2.45, 2.75) is 19.4 Å². The number of furan rings is 1. The van der Waals surface area contributed by atoms with E-state index in [1.165, 1.54) is 30.7 Å². The first kappa shape index (κ1) is 18.1. The van der Waals surface area contributed by atoms with Crippen molar-refractivity contribution in [1.82, 2.24) is 5.32 Å². The normalized spacial score (nSPS) is 11.6. The Hall–Kier alpha value is -3.20. The Morgan fingerprint density at radius 2 is 2.08 bits per heavy atom. The molecule has 2 amide bonds. The number of aliphatic hydroxyl groups excluding tert-OH is 1. The van der Waals surface area contributed by atoms with Crippen LogP contribution in [-0.4, -0.2) is 28.4 Å². The predicted molar refractivity (Wildman–Crippen MR) is 87.8 cm³/mol. The van der Waals surface area contributed by atoms with Crippen LogP contribution in [0.2, 0.25) is 0 Å². The van der Waals surface area contributed by atoms with Crippen LogP contribution < -0.4 is 10.6 Å². The molecule has 0 aliphatic rings. The van der Waals surface area contributed by atoms with Gasteiger partial charge in [0.25, 0.3) is 5.69 Å². The molecular formula is C16H17N3O6. The molecule has 0 spiro atoms. The van der Waals surface area contributed by atoms with Crippen molar-refractivity contribution in [3.8, 4) is 0 Å². The highest BCUT2D eigenvalue weighted by Gasteiger charge is 2.17. The number of benzene rings is 1. The van der Waals surface area contributed by atoms with Crippen LogP contribution in [0.5, 0.6) is 0 Å². The first-order chi connectivity index (χ1) is 11.9. The van der Waals surface area contributed by atoms with Gasteiger partial charge in [0.15, 0.2) is 0 Å². The number of hydrogen-bond acceptors (Lipinski definition) is 6. The van der Waals surface area contributed by atoms with Gasteiger partial charge in [0, 0.05) is 29.9 Å². The topological polar surface area (TPSA) is 135 Å². The molecule has 2 aromatic rings. The van der Waals surface area contributed by atoms with Crippen LogP contribution in [0.25, 0.3) is 0 Å². The van der Waals surface area contributed by atoms with E-state index in [-0.39, 0.29) is 18.7 Å². The van der Waals surface area contributed by atoms with E-state index in [1.807, 2.05) is 0 Å². The number of nitro groups is 1. The van der Waals surface area contributed by atoms with Crippen LogP contribution in [0.4, 0.5) is 11.4 Å². The van der Waals surface area contributed by atoms with Gasteiger partial charge in [-0.2, -0.15) is 0 Å². The van der Waals surface area contributed by atoms with E-state index in [9.17, 15) is 24.8 Å². The average molecular weight is 347 g/mol. The minimum Gasteiger partial charge on any atom is -0.472 e. The molecule has 0 radical (unpaired) electrons. The summed E-state index contributed by atoms with van der Waals surface area (Å²) in [7, 11) is 0. The van der Waals surface area contributed by atoms with Crippen LogP contribution in [0.15, 0.2) is 41.2 Å². The van der Waals surface area contributed by atoms with Gasteiger partial charge in [0.2, 0.25) is 0 Å². The summed E-state index contributed by atoms with van der Waals surface area (Å²) in [5.41, 5.74) is 1.25. The highest BCUT2D eigenvalue weighted by Crippen LogP contribution is 2.21. The van der Waals surface area contributed by atoms with Crippen molar-refractivity contribution in [1.29, 1.82) is 0 Å². The second kappa shape index (κ2) is 8.06. The second-order valence-electron chi connectivity index (χ2n) is 5.33. The summed E-state index contributed by atoms with van der Waals surface area (Å²) < 4.78 is 4.85. The summed E-state index contributed by atoms with van der Waals surface area (Å²) in [4.78, 5) is 33.8. The molecule has 0 aliphatic heterocycles. The largest absolute Gasteiger partial charge is 0.472 e. The quantitative estimate of drug-likeness (QED) is 0.413. The minimum atomic E-state index is -0.894. The third kappa shape index (κ3) is 4.88. The van der Waals surface area contributed by atoms with Gasteiger partial charge in [-0.15, -0.1) is 0 Å². The van der Waals surface area contributed by atoms with E-state index >= 15 is 0 Å². The van der Waals surface area contributed by atoms with Gasteiger partial charge >= 0.3 is 11.8 Å². The molecule has 1 aromatic carbocycles. The molecule has 25 heavy (non-hydrogen) atoms. The molecule has 0 fully saturated rings. The van der Waals surface area contributed by atoms with E-state index in [0.717, 1.165) is 0 Å². The van der Waals surface area contributed by atoms with Crippen LogP contribution in [0.3, 0.4) is 0 Å². The fourth-order valence-electron chi connectivity index (χ4n) is 2.11. The number of aryl methyl sites for hydroxylation is 1. The lowest BCUT2D eigenvalue weighted by Gasteiger charge is -2.10. The number of non-ortho nitro benzene ring substituents is 1. The molecule has 3 N–H and O–H groups in total. The molecule has 1 atom stereocenters. The molecule has 0 aliphatic carbocycles. The first-order valence-electron chi connectivity index (χ1n) is 7.43. The Labute approximate surface area is 142 Å². The molecule has 1 heterocycles. The molecule has 0 bridgehead atoms. The summed E-state index contributed by atoms with van der Waals surface area (Å²) in [6.07, 6.45) is 2.24. The average Bonchev–Trinajstić information content (AvgIpc) is 3.10. The Balaban J connectivity index is 1.84. The highest BCUT2D eigenvalue weighted by atomic mass is 16.6. The summed E-state index contributed by atoms with van der Waals surface area (Å²) in [6.45, 7) is 1.68. The van der Waals surface area contributed by atoms with Gasteiger partial charge in [-0.05, 0) is 31.0 Å². The zero-order valence-electron chi connectivity index (χ0n) is 13.4. The Morgan fingerprint density at radius 3 is 2.68 bits per heavy atom. The number of anilines is 1. The van der Waals surface area contributed by atoms with Crippen molar-refractivity contribution in [2.24, 2.45) is 0 Å². The maximum absolute atomic E-state index is 11.9. The number of carbonyl (C=O) groups excluding carboxylic acids is 2. The van der Waals surface area contributed by atoms with Gasteiger partial charge in [-0.25, -0.2) is 0 Å². The first-order valence-corrected chi connectivity index (χ1v) is 7.43. The van der Waals surface area contributed by atoms with E-state index in [2.05, 4.69) is 10.6 Å². The predicted octanol–water partition coefficient (Wildman–Crippen LogP) is 1.67. The van der Waals surface area contributed by atoms with Crippen LogP contribution in [-0.2, 0) is 9.59 Å². The number of amides is 2. The Kier molecular flexibility index (Phi) is 5.85. The number of carbonyl (C=O) groups is 2. The highest BCUT2D eigenvalue weighted by molar-refractivity contribution is 6.39.